The summed E-state index contributed by atoms with van der Waals surface area (Å²) in [4.78, 5) is 16.9. The van der Waals surface area contributed by atoms with E-state index >= 15 is 0 Å². The van der Waals surface area contributed by atoms with E-state index in [0.717, 1.165) is 24.8 Å². The number of likely N-dealkylation sites (tertiary alicyclic amines) is 1. The lowest BCUT2D eigenvalue weighted by Gasteiger charge is -2.19. The van der Waals surface area contributed by atoms with Gasteiger partial charge < -0.3 is 10.0 Å². The van der Waals surface area contributed by atoms with Crippen molar-refractivity contribution in [2.75, 3.05) is 6.54 Å². The Hall–Kier alpha value is -1.58. The Morgan fingerprint density at radius 1 is 1.56 bits per heavy atom. The topological polar surface area (TPSA) is 53.4 Å². The molecule has 1 saturated heterocycles. The Balaban J connectivity index is 1.84. The number of amides is 1. The first-order chi connectivity index (χ1) is 7.71. The van der Waals surface area contributed by atoms with Crippen molar-refractivity contribution >= 4 is 6.09 Å². The van der Waals surface area contributed by atoms with Crippen LogP contribution in [0.25, 0.3) is 0 Å². The first-order valence-electron chi connectivity index (χ1n) is 5.62. The average Bonchev–Trinajstić information content (AvgIpc) is 2.92. The fraction of sp³-hybridized carbons (Fsp3) is 0.500. The second kappa shape index (κ2) is 3.20. The molecule has 1 aliphatic heterocycles. The van der Waals surface area contributed by atoms with Crippen LogP contribution in [0.1, 0.15) is 30.7 Å². The van der Waals surface area contributed by atoms with Crippen molar-refractivity contribution in [1.29, 1.82) is 0 Å². The molecule has 1 saturated carbocycles. The Labute approximate surface area is 93.9 Å². The van der Waals surface area contributed by atoms with E-state index in [1.165, 1.54) is 0 Å². The fourth-order valence-corrected chi connectivity index (χ4v) is 2.79. The molecule has 1 unspecified atom stereocenters. The molecule has 0 aromatic carbocycles. The number of hydrogen-bond donors (Lipinski definition) is 1. The third-order valence-electron chi connectivity index (χ3n) is 3.82. The third-order valence-corrected chi connectivity index (χ3v) is 3.82. The highest BCUT2D eigenvalue weighted by molar-refractivity contribution is 5.68. The van der Waals surface area contributed by atoms with Crippen molar-refractivity contribution < 1.29 is 9.90 Å². The number of carbonyl (C=O) groups is 1. The molecule has 0 radical (unpaired) electrons. The summed E-state index contributed by atoms with van der Waals surface area (Å²) in [5, 5.41) is 9.16. The summed E-state index contributed by atoms with van der Waals surface area (Å²) in [6, 6.07) is 3.96. The van der Waals surface area contributed by atoms with E-state index in [4.69, 9.17) is 5.11 Å². The summed E-state index contributed by atoms with van der Waals surface area (Å²) >= 11 is 0. The Morgan fingerprint density at radius 3 is 2.88 bits per heavy atom. The van der Waals surface area contributed by atoms with Crippen LogP contribution in [0.4, 0.5) is 4.79 Å². The molecule has 1 aromatic heterocycles. The molecule has 1 spiro atoms. The van der Waals surface area contributed by atoms with Crippen molar-refractivity contribution in [3.05, 3.63) is 30.1 Å². The lowest BCUT2D eigenvalue weighted by molar-refractivity contribution is 0.135. The van der Waals surface area contributed by atoms with Crippen LogP contribution in [0, 0.1) is 0 Å². The molecule has 2 heterocycles. The molecule has 1 amide bonds. The van der Waals surface area contributed by atoms with E-state index in [1.807, 2.05) is 18.3 Å². The predicted molar refractivity (Wildman–Crippen MR) is 58.3 cm³/mol. The van der Waals surface area contributed by atoms with Crippen molar-refractivity contribution in [3.63, 3.8) is 0 Å². The summed E-state index contributed by atoms with van der Waals surface area (Å²) in [6.07, 6.45) is 5.84. The van der Waals surface area contributed by atoms with E-state index in [-0.39, 0.29) is 5.54 Å². The molecule has 1 N–H and O–H groups in total. The molecular formula is C12H14N2O2. The van der Waals surface area contributed by atoms with Crippen LogP contribution >= 0.6 is 0 Å². The summed E-state index contributed by atoms with van der Waals surface area (Å²) in [5.41, 5.74) is 1.13. The Bertz CT molecular complexity index is 414. The van der Waals surface area contributed by atoms with Gasteiger partial charge in [0.25, 0.3) is 0 Å². The van der Waals surface area contributed by atoms with Crippen molar-refractivity contribution in [3.8, 4) is 0 Å². The van der Waals surface area contributed by atoms with Gasteiger partial charge in [-0.25, -0.2) is 4.79 Å². The number of nitrogens with zero attached hydrogens (tertiary/aromatic N) is 2. The molecular weight excluding hydrogens is 204 g/mol. The predicted octanol–water partition coefficient (Wildman–Crippen LogP) is 2.08. The number of carboxylic acid groups (broad SMARTS) is 1. The quantitative estimate of drug-likeness (QED) is 0.785. The summed E-state index contributed by atoms with van der Waals surface area (Å²) < 4.78 is 0. The molecule has 84 valence electrons. The van der Waals surface area contributed by atoms with E-state index in [2.05, 4.69) is 4.98 Å². The lowest BCUT2D eigenvalue weighted by atomic mass is 9.97. The van der Waals surface area contributed by atoms with Crippen LogP contribution in [0.2, 0.25) is 0 Å². The molecule has 2 aliphatic rings. The minimum absolute atomic E-state index is 0.0354. The Kier molecular flexibility index (Phi) is 1.93. The minimum atomic E-state index is -0.774. The van der Waals surface area contributed by atoms with Crippen molar-refractivity contribution in [1.82, 2.24) is 9.88 Å². The minimum Gasteiger partial charge on any atom is -0.465 e. The zero-order chi connectivity index (χ0) is 11.2. The van der Waals surface area contributed by atoms with E-state index < -0.39 is 6.09 Å². The Morgan fingerprint density at radius 2 is 2.38 bits per heavy atom. The van der Waals surface area contributed by atoms with Gasteiger partial charge in [0.15, 0.2) is 0 Å². The largest absolute Gasteiger partial charge is 0.465 e. The molecule has 16 heavy (non-hydrogen) atoms. The van der Waals surface area contributed by atoms with E-state index in [0.29, 0.717) is 12.5 Å². The lowest BCUT2D eigenvalue weighted by Crippen LogP contribution is -2.35. The highest BCUT2D eigenvalue weighted by Gasteiger charge is 2.56. The first kappa shape index (κ1) is 9.63. The summed E-state index contributed by atoms with van der Waals surface area (Å²) in [7, 11) is 0. The summed E-state index contributed by atoms with van der Waals surface area (Å²) in [5.74, 6) is 0.326. The van der Waals surface area contributed by atoms with Gasteiger partial charge in [0, 0.05) is 30.4 Å². The molecule has 1 aromatic rings. The molecule has 1 aliphatic carbocycles. The second-order valence-corrected chi connectivity index (χ2v) is 4.80. The first-order valence-corrected chi connectivity index (χ1v) is 5.62. The summed E-state index contributed by atoms with van der Waals surface area (Å²) in [6.45, 7) is 0.626. The highest BCUT2D eigenvalue weighted by Crippen LogP contribution is 2.53. The van der Waals surface area contributed by atoms with Crippen LogP contribution in [0.5, 0.6) is 0 Å². The van der Waals surface area contributed by atoms with Crippen molar-refractivity contribution in [2.24, 2.45) is 0 Å². The monoisotopic (exact) mass is 218 g/mol. The van der Waals surface area contributed by atoms with Gasteiger partial charge in [-0.1, -0.05) is 6.07 Å². The SMILES string of the molecule is O=C(O)N1CC(c2cccnc2)CC12CC2. The van der Waals surface area contributed by atoms with Crippen molar-refractivity contribution in [2.45, 2.75) is 30.7 Å². The van der Waals surface area contributed by atoms with Crippen LogP contribution in [0.15, 0.2) is 24.5 Å². The van der Waals surface area contributed by atoms with Gasteiger partial charge >= 0.3 is 6.09 Å². The van der Waals surface area contributed by atoms with E-state index in [1.54, 1.807) is 11.1 Å². The number of hydrogen-bond acceptors (Lipinski definition) is 2. The van der Waals surface area contributed by atoms with Gasteiger partial charge in [-0.2, -0.15) is 0 Å². The molecule has 2 fully saturated rings. The van der Waals surface area contributed by atoms with Crippen LogP contribution < -0.4 is 0 Å². The third kappa shape index (κ3) is 1.37. The van der Waals surface area contributed by atoms with Gasteiger partial charge in [-0.05, 0) is 30.9 Å². The smallest absolute Gasteiger partial charge is 0.407 e. The number of aromatic nitrogens is 1. The van der Waals surface area contributed by atoms with Crippen LogP contribution in [-0.2, 0) is 0 Å². The van der Waals surface area contributed by atoms with Gasteiger partial charge in [0.1, 0.15) is 0 Å². The molecule has 4 heteroatoms. The van der Waals surface area contributed by atoms with Crippen LogP contribution in [-0.4, -0.2) is 33.2 Å². The van der Waals surface area contributed by atoms with Gasteiger partial charge in [0.05, 0.1) is 0 Å². The maximum atomic E-state index is 11.1. The maximum absolute atomic E-state index is 11.1. The normalized spacial score (nSPS) is 26.0. The molecule has 0 bridgehead atoms. The standard InChI is InChI=1S/C12H14N2O2/c15-11(16)14-8-10(6-12(14)3-4-12)9-2-1-5-13-7-9/h1-2,5,7,10H,3-4,6,8H2,(H,15,16). The molecule has 1 atom stereocenters. The molecule has 3 rings (SSSR count). The number of pyridine rings is 1. The maximum Gasteiger partial charge on any atom is 0.407 e. The molecule has 4 nitrogen and oxygen atoms in total. The zero-order valence-corrected chi connectivity index (χ0v) is 8.97. The van der Waals surface area contributed by atoms with E-state index in [9.17, 15) is 4.79 Å². The van der Waals surface area contributed by atoms with Gasteiger partial charge in [-0.3, -0.25) is 4.98 Å². The zero-order valence-electron chi connectivity index (χ0n) is 8.97. The average molecular weight is 218 g/mol. The number of rotatable bonds is 1. The fourth-order valence-electron chi connectivity index (χ4n) is 2.79. The second-order valence-electron chi connectivity index (χ2n) is 4.80. The van der Waals surface area contributed by atoms with Gasteiger partial charge in [-0.15, -0.1) is 0 Å². The van der Waals surface area contributed by atoms with Gasteiger partial charge in [0.2, 0.25) is 0 Å². The highest BCUT2D eigenvalue weighted by atomic mass is 16.4. The van der Waals surface area contributed by atoms with Crippen LogP contribution in [0.3, 0.4) is 0 Å².